The molecule has 4 atom stereocenters. The number of anilines is 2. The fourth-order valence-electron chi connectivity index (χ4n) is 6.59. The number of fused-ring (bicyclic) bond motifs is 7. The number of hydrogen-bond acceptors (Lipinski definition) is 7. The van der Waals surface area contributed by atoms with Crippen LogP contribution < -0.4 is 15.0 Å². The molecule has 4 aliphatic rings. The summed E-state index contributed by atoms with van der Waals surface area (Å²) in [5, 5.41) is 14.7. The van der Waals surface area contributed by atoms with E-state index in [2.05, 4.69) is 5.32 Å². The summed E-state index contributed by atoms with van der Waals surface area (Å²) in [6.07, 6.45) is 1.48. The average Bonchev–Trinajstić information content (AvgIpc) is 3.54. The molecule has 3 fully saturated rings. The topological polar surface area (TPSA) is 122 Å². The maximum Gasteiger partial charge on any atom is 0.273 e. The predicted molar refractivity (Wildman–Crippen MR) is 125 cm³/mol. The summed E-state index contributed by atoms with van der Waals surface area (Å²) in [6.45, 7) is 2.40. The number of nitro benzene ring substituents is 1. The van der Waals surface area contributed by atoms with Gasteiger partial charge in [-0.15, -0.1) is 0 Å². The highest BCUT2D eigenvalue weighted by molar-refractivity contribution is 6.32. The molecule has 11 heteroatoms. The molecule has 2 aromatic rings. The summed E-state index contributed by atoms with van der Waals surface area (Å²) < 4.78 is 5.32. The lowest BCUT2D eigenvalue weighted by atomic mass is 9.75. The number of non-ortho nitro benzene ring substituents is 1. The molecular formula is C24H21ClN4O6. The molecule has 3 saturated heterocycles. The fraction of sp³-hybridized carbons (Fsp3) is 0.375. The van der Waals surface area contributed by atoms with Crippen LogP contribution >= 0.6 is 11.6 Å². The standard InChI is InChI=1S/C24H21ClN4O6/c1-11-14(25)7-6-13-20(11)26-23(32)24(13)19-18(16-4-3-9-27(16)24)21(30)28(22(19)31)15-8-5-12(29(33)34)10-17(15)35-2/h5-8,10,16,18-19H,3-4,9H2,1-2H3,(H,26,32)/t16-,18-,19+,24-/m1/s1. The number of nitrogens with zero attached hydrogens (tertiary/aromatic N) is 3. The van der Waals surface area contributed by atoms with Crippen molar-refractivity contribution in [3.8, 4) is 5.75 Å². The number of imide groups is 1. The van der Waals surface area contributed by atoms with E-state index < -0.39 is 34.1 Å². The second-order valence-corrected chi connectivity index (χ2v) is 9.75. The number of carbonyl (C=O) groups excluding carboxylic acids is 3. The van der Waals surface area contributed by atoms with Crippen LogP contribution in [0.15, 0.2) is 30.3 Å². The van der Waals surface area contributed by atoms with E-state index in [4.69, 9.17) is 16.3 Å². The third kappa shape index (κ3) is 2.55. The highest BCUT2D eigenvalue weighted by Gasteiger charge is 2.74. The molecule has 2 aromatic carbocycles. The second kappa shape index (κ2) is 7.25. The highest BCUT2D eigenvalue weighted by atomic mass is 35.5. The molecule has 1 spiro atoms. The minimum Gasteiger partial charge on any atom is -0.494 e. The summed E-state index contributed by atoms with van der Waals surface area (Å²) in [5.41, 5.74) is 0.529. The number of hydrogen-bond donors (Lipinski definition) is 1. The van der Waals surface area contributed by atoms with E-state index >= 15 is 0 Å². The van der Waals surface area contributed by atoms with E-state index in [1.54, 1.807) is 12.1 Å². The summed E-state index contributed by atoms with van der Waals surface area (Å²) in [5.74, 6) is -2.90. The van der Waals surface area contributed by atoms with Crippen molar-refractivity contribution in [3.63, 3.8) is 0 Å². The number of nitro groups is 1. The molecule has 0 aromatic heterocycles. The van der Waals surface area contributed by atoms with E-state index in [0.717, 1.165) is 11.3 Å². The van der Waals surface area contributed by atoms with E-state index in [9.17, 15) is 24.5 Å². The number of ether oxygens (including phenoxy) is 1. The Labute approximate surface area is 204 Å². The summed E-state index contributed by atoms with van der Waals surface area (Å²) in [7, 11) is 1.32. The zero-order chi connectivity index (χ0) is 24.8. The fourth-order valence-corrected chi connectivity index (χ4v) is 6.75. The molecule has 0 saturated carbocycles. The predicted octanol–water partition coefficient (Wildman–Crippen LogP) is 3.00. The Kier molecular flexibility index (Phi) is 4.56. The van der Waals surface area contributed by atoms with Gasteiger partial charge in [-0.1, -0.05) is 17.7 Å². The zero-order valence-corrected chi connectivity index (χ0v) is 19.7. The number of rotatable bonds is 3. The van der Waals surface area contributed by atoms with Crippen LogP contribution in [0.2, 0.25) is 5.02 Å². The van der Waals surface area contributed by atoms with Crippen LogP contribution in [0.5, 0.6) is 5.75 Å². The van der Waals surface area contributed by atoms with Crippen molar-refractivity contribution in [2.45, 2.75) is 31.3 Å². The van der Waals surface area contributed by atoms with Crippen molar-refractivity contribution in [1.29, 1.82) is 0 Å². The number of benzene rings is 2. The van der Waals surface area contributed by atoms with Gasteiger partial charge in [0.1, 0.15) is 11.3 Å². The summed E-state index contributed by atoms with van der Waals surface area (Å²) in [4.78, 5) is 55.4. The Hall–Kier alpha value is -3.50. The van der Waals surface area contributed by atoms with Gasteiger partial charge in [0.2, 0.25) is 17.7 Å². The van der Waals surface area contributed by atoms with Crippen LogP contribution in [-0.4, -0.2) is 47.2 Å². The molecule has 3 amide bonds. The number of carbonyl (C=O) groups is 3. The molecule has 0 bridgehead atoms. The minimum absolute atomic E-state index is 0.0390. The van der Waals surface area contributed by atoms with E-state index in [0.29, 0.717) is 34.8 Å². The van der Waals surface area contributed by atoms with Gasteiger partial charge < -0.3 is 10.1 Å². The lowest BCUT2D eigenvalue weighted by molar-refractivity contribution is -0.384. The number of halogens is 1. The molecule has 180 valence electrons. The van der Waals surface area contributed by atoms with E-state index in [-0.39, 0.29) is 29.1 Å². The quantitative estimate of drug-likeness (QED) is 0.393. The van der Waals surface area contributed by atoms with Crippen LogP contribution in [0.25, 0.3) is 0 Å². The molecule has 4 heterocycles. The van der Waals surface area contributed by atoms with E-state index in [1.807, 2.05) is 11.8 Å². The maximum absolute atomic E-state index is 14.1. The van der Waals surface area contributed by atoms with Crippen molar-refractivity contribution in [2.75, 3.05) is 23.9 Å². The van der Waals surface area contributed by atoms with Crippen LogP contribution in [0.3, 0.4) is 0 Å². The summed E-state index contributed by atoms with van der Waals surface area (Å²) in [6, 6.07) is 6.97. The van der Waals surface area contributed by atoms with Gasteiger partial charge in [0.05, 0.1) is 41.3 Å². The molecule has 4 aliphatic heterocycles. The lowest BCUT2D eigenvalue weighted by Gasteiger charge is -2.36. The monoisotopic (exact) mass is 496 g/mol. The van der Waals surface area contributed by atoms with Gasteiger partial charge in [0, 0.05) is 22.7 Å². The van der Waals surface area contributed by atoms with Crippen molar-refractivity contribution < 1.29 is 24.0 Å². The Morgan fingerprint density at radius 3 is 2.69 bits per heavy atom. The number of nitrogens with one attached hydrogen (secondary N) is 1. The largest absolute Gasteiger partial charge is 0.494 e. The van der Waals surface area contributed by atoms with Crippen molar-refractivity contribution in [3.05, 3.63) is 56.6 Å². The maximum atomic E-state index is 14.1. The molecule has 1 N–H and O–H groups in total. The molecule has 0 aliphatic carbocycles. The van der Waals surface area contributed by atoms with Crippen molar-refractivity contribution >= 4 is 46.4 Å². The first-order valence-corrected chi connectivity index (χ1v) is 11.7. The molecule has 0 unspecified atom stereocenters. The summed E-state index contributed by atoms with van der Waals surface area (Å²) >= 11 is 6.33. The van der Waals surface area contributed by atoms with Gasteiger partial charge in [-0.05, 0) is 44.0 Å². The third-order valence-corrected chi connectivity index (χ3v) is 8.39. The van der Waals surface area contributed by atoms with Gasteiger partial charge in [0.15, 0.2) is 0 Å². The van der Waals surface area contributed by atoms with E-state index in [1.165, 1.54) is 25.3 Å². The zero-order valence-electron chi connectivity index (χ0n) is 18.9. The SMILES string of the molecule is COc1cc([N+](=O)[O-])ccc1N1C(=O)[C@@H]2[C@H]3CCCN3[C@@]3(C(=O)Nc4c3ccc(Cl)c4C)[C@@H]2C1=O. The normalized spacial score (nSPS) is 28.9. The smallest absolute Gasteiger partial charge is 0.273 e. The molecule has 0 radical (unpaired) electrons. The first kappa shape index (κ1) is 22.0. The Bertz CT molecular complexity index is 1360. The Morgan fingerprint density at radius 2 is 1.97 bits per heavy atom. The molecular weight excluding hydrogens is 476 g/mol. The van der Waals surface area contributed by atoms with Gasteiger partial charge in [-0.3, -0.25) is 29.4 Å². The molecule has 6 rings (SSSR count). The van der Waals surface area contributed by atoms with Crippen molar-refractivity contribution in [2.24, 2.45) is 11.8 Å². The van der Waals surface area contributed by atoms with Crippen molar-refractivity contribution in [1.82, 2.24) is 4.90 Å². The third-order valence-electron chi connectivity index (χ3n) is 7.98. The van der Waals surface area contributed by atoms with Gasteiger partial charge in [-0.25, -0.2) is 4.90 Å². The van der Waals surface area contributed by atoms with Crippen LogP contribution in [0.1, 0.15) is 24.0 Å². The first-order valence-electron chi connectivity index (χ1n) is 11.3. The minimum atomic E-state index is -1.33. The lowest BCUT2D eigenvalue weighted by Crippen LogP contribution is -2.54. The van der Waals surface area contributed by atoms with Crippen LogP contribution in [0.4, 0.5) is 17.1 Å². The van der Waals surface area contributed by atoms with Gasteiger partial charge >= 0.3 is 0 Å². The Balaban J connectivity index is 1.54. The second-order valence-electron chi connectivity index (χ2n) is 9.35. The molecule has 35 heavy (non-hydrogen) atoms. The average molecular weight is 497 g/mol. The first-order chi connectivity index (χ1) is 16.7. The van der Waals surface area contributed by atoms with Crippen LogP contribution in [0, 0.1) is 28.9 Å². The number of methoxy groups -OCH3 is 1. The highest BCUT2D eigenvalue weighted by Crippen LogP contribution is 2.61. The van der Waals surface area contributed by atoms with Gasteiger partial charge in [0.25, 0.3) is 5.69 Å². The van der Waals surface area contributed by atoms with Crippen LogP contribution in [-0.2, 0) is 19.9 Å². The number of amides is 3. The van der Waals surface area contributed by atoms with Gasteiger partial charge in [-0.2, -0.15) is 0 Å². The molecule has 10 nitrogen and oxygen atoms in total. The Morgan fingerprint density at radius 1 is 1.20 bits per heavy atom.